The molecule has 1 aliphatic carbocycles. The molecule has 2 aliphatic rings. The van der Waals surface area contributed by atoms with Gasteiger partial charge in [0, 0.05) is 42.5 Å². The lowest BCUT2D eigenvalue weighted by atomic mass is 10.1. The third kappa shape index (κ3) is 5.19. The van der Waals surface area contributed by atoms with E-state index in [4.69, 9.17) is 9.72 Å². The minimum atomic E-state index is -4.40. The smallest absolute Gasteiger partial charge is 0.378 e. The number of nitrogens with one attached hydrogen (secondary N) is 1. The average Bonchev–Trinajstić information content (AvgIpc) is 3.26. The normalized spacial score (nSPS) is 15.5. The molecule has 1 aliphatic heterocycles. The molecule has 1 fully saturated rings. The second-order valence-electron chi connectivity index (χ2n) is 8.44. The lowest BCUT2D eigenvalue weighted by molar-refractivity contribution is -0.137. The molecule has 3 aromatic rings. The Bertz CT molecular complexity index is 1250. The zero-order chi connectivity index (χ0) is 24.4. The Morgan fingerprint density at radius 3 is 2.49 bits per heavy atom. The number of alkyl halides is 3. The third-order valence-corrected chi connectivity index (χ3v) is 6.06. The maximum absolute atomic E-state index is 12.7. The molecule has 2 aromatic heterocycles. The number of nitrogens with zero attached hydrogens (tertiary/aromatic N) is 3. The quantitative estimate of drug-likeness (QED) is 0.591. The first-order valence-electron chi connectivity index (χ1n) is 11.3. The fraction of sp³-hybridized carbons (Fsp3) is 0.269. The summed E-state index contributed by atoms with van der Waals surface area (Å²) in [5.41, 5.74) is 3.84. The summed E-state index contributed by atoms with van der Waals surface area (Å²) in [7, 11) is 0. The van der Waals surface area contributed by atoms with Crippen molar-refractivity contribution in [1.82, 2.24) is 15.3 Å². The Balaban J connectivity index is 1.23. The van der Waals surface area contributed by atoms with Crippen molar-refractivity contribution in [3.8, 4) is 11.3 Å². The zero-order valence-corrected chi connectivity index (χ0v) is 18.8. The fourth-order valence-electron chi connectivity index (χ4n) is 4.20. The molecule has 0 spiro atoms. The van der Waals surface area contributed by atoms with Crippen LogP contribution in [0.25, 0.3) is 17.0 Å². The van der Waals surface area contributed by atoms with Crippen LogP contribution in [-0.4, -0.2) is 42.2 Å². The van der Waals surface area contributed by atoms with E-state index in [2.05, 4.69) is 15.2 Å². The number of allylic oxidation sites excluding steroid dienone is 1. The van der Waals surface area contributed by atoms with Gasteiger partial charge in [0.25, 0.3) is 0 Å². The maximum atomic E-state index is 12.7. The summed E-state index contributed by atoms with van der Waals surface area (Å²) in [4.78, 5) is 24.0. The van der Waals surface area contributed by atoms with E-state index in [-0.39, 0.29) is 12.3 Å². The molecular formula is C26H23F3N4O2. The van der Waals surface area contributed by atoms with Gasteiger partial charge in [-0.05, 0) is 42.0 Å². The van der Waals surface area contributed by atoms with Crippen molar-refractivity contribution in [1.29, 1.82) is 0 Å². The van der Waals surface area contributed by atoms with Crippen LogP contribution in [0.1, 0.15) is 22.4 Å². The highest BCUT2D eigenvalue weighted by molar-refractivity contribution is 5.89. The lowest BCUT2D eigenvalue weighted by Gasteiger charge is -2.27. The number of hydrogen-bond acceptors (Lipinski definition) is 5. The Morgan fingerprint density at radius 1 is 1.03 bits per heavy atom. The Morgan fingerprint density at radius 2 is 1.80 bits per heavy atom. The summed E-state index contributed by atoms with van der Waals surface area (Å²) < 4.78 is 43.6. The maximum Gasteiger partial charge on any atom is 0.416 e. The highest BCUT2D eigenvalue weighted by Gasteiger charge is 2.30. The van der Waals surface area contributed by atoms with Gasteiger partial charge < -0.3 is 15.0 Å². The molecule has 0 radical (unpaired) electrons. The number of carbonyl (C=O) groups excluding carboxylic acids is 1. The standard InChI is InChI=1S/C26H23F3N4O2/c27-26(28,29)19-4-1-17(2-5-19)15-25(34)32-23-9-8-22-20(23)6-7-21(31-22)18-3-10-24(30-16-18)33-11-13-35-14-12-33/h1-7,9-10,16H,8,11-15H2,(H,32,34). The number of carbonyl (C=O) groups is 1. The molecule has 0 bridgehead atoms. The van der Waals surface area contributed by atoms with Crippen molar-refractivity contribution < 1.29 is 22.7 Å². The van der Waals surface area contributed by atoms with E-state index in [0.29, 0.717) is 30.9 Å². The Hall–Kier alpha value is -3.72. The molecule has 3 heterocycles. The van der Waals surface area contributed by atoms with E-state index in [1.807, 2.05) is 36.5 Å². The number of morpholine rings is 1. The first-order chi connectivity index (χ1) is 16.9. The molecule has 0 unspecified atom stereocenters. The molecule has 35 heavy (non-hydrogen) atoms. The van der Waals surface area contributed by atoms with E-state index >= 15 is 0 Å². The van der Waals surface area contributed by atoms with Crippen molar-refractivity contribution in [3.05, 3.63) is 83.2 Å². The molecule has 9 heteroatoms. The van der Waals surface area contributed by atoms with Crippen molar-refractivity contribution in [2.24, 2.45) is 0 Å². The van der Waals surface area contributed by atoms with Gasteiger partial charge in [-0.15, -0.1) is 0 Å². The van der Waals surface area contributed by atoms with Crippen LogP contribution in [-0.2, 0) is 28.5 Å². The second-order valence-corrected chi connectivity index (χ2v) is 8.44. The molecule has 0 saturated carbocycles. The van der Waals surface area contributed by atoms with Crippen LogP contribution in [0.15, 0.2) is 60.8 Å². The fourth-order valence-corrected chi connectivity index (χ4v) is 4.20. The number of rotatable bonds is 5. The number of fused-ring (bicyclic) bond motifs is 1. The summed E-state index contributed by atoms with van der Waals surface area (Å²) in [6.45, 7) is 3.04. The van der Waals surface area contributed by atoms with E-state index in [0.717, 1.165) is 53.6 Å². The summed E-state index contributed by atoms with van der Waals surface area (Å²) in [6.07, 6.45) is -0.123. The van der Waals surface area contributed by atoms with Gasteiger partial charge in [0.05, 0.1) is 36.6 Å². The summed E-state index contributed by atoms with van der Waals surface area (Å²) in [5.74, 6) is 0.619. The van der Waals surface area contributed by atoms with Crippen LogP contribution in [0.2, 0.25) is 0 Å². The number of benzene rings is 1. The van der Waals surface area contributed by atoms with Crippen molar-refractivity contribution in [2.45, 2.75) is 19.0 Å². The van der Waals surface area contributed by atoms with Crippen LogP contribution in [0, 0.1) is 0 Å². The molecule has 1 aromatic carbocycles. The molecule has 1 N–H and O–H groups in total. The number of pyridine rings is 2. The monoisotopic (exact) mass is 480 g/mol. The number of halogens is 3. The zero-order valence-electron chi connectivity index (χ0n) is 18.8. The predicted octanol–water partition coefficient (Wildman–Crippen LogP) is 4.25. The van der Waals surface area contributed by atoms with E-state index in [1.165, 1.54) is 12.1 Å². The van der Waals surface area contributed by atoms with Crippen molar-refractivity contribution in [3.63, 3.8) is 0 Å². The molecule has 1 saturated heterocycles. The van der Waals surface area contributed by atoms with E-state index in [1.54, 1.807) is 0 Å². The number of ether oxygens (including phenoxy) is 1. The first kappa shape index (κ1) is 23.0. The summed E-state index contributed by atoms with van der Waals surface area (Å²) in [6, 6.07) is 12.4. The van der Waals surface area contributed by atoms with Crippen LogP contribution >= 0.6 is 0 Å². The highest BCUT2D eigenvalue weighted by atomic mass is 19.4. The molecule has 6 nitrogen and oxygen atoms in total. The topological polar surface area (TPSA) is 67.4 Å². The van der Waals surface area contributed by atoms with Gasteiger partial charge in [0.1, 0.15) is 5.82 Å². The average molecular weight is 480 g/mol. The molecular weight excluding hydrogens is 457 g/mol. The molecule has 0 atom stereocenters. The molecule has 180 valence electrons. The van der Waals surface area contributed by atoms with Gasteiger partial charge in [0.15, 0.2) is 0 Å². The molecule has 1 amide bonds. The number of aromatic nitrogens is 2. The van der Waals surface area contributed by atoms with Crippen LogP contribution in [0.3, 0.4) is 0 Å². The van der Waals surface area contributed by atoms with Gasteiger partial charge >= 0.3 is 6.18 Å². The van der Waals surface area contributed by atoms with Crippen molar-refractivity contribution in [2.75, 3.05) is 31.2 Å². The number of anilines is 1. The molecule has 5 rings (SSSR count). The van der Waals surface area contributed by atoms with Crippen LogP contribution in [0.5, 0.6) is 0 Å². The van der Waals surface area contributed by atoms with Gasteiger partial charge in [-0.25, -0.2) is 4.98 Å². The summed E-state index contributed by atoms with van der Waals surface area (Å²) >= 11 is 0. The first-order valence-corrected chi connectivity index (χ1v) is 11.3. The SMILES string of the molecule is O=C(Cc1ccc(C(F)(F)F)cc1)NC1=CCc2nc(-c3ccc(N4CCOCC4)nc3)ccc21. The van der Waals surface area contributed by atoms with Gasteiger partial charge in [-0.3, -0.25) is 9.78 Å². The minimum Gasteiger partial charge on any atom is -0.378 e. The lowest BCUT2D eigenvalue weighted by Crippen LogP contribution is -2.36. The van der Waals surface area contributed by atoms with Gasteiger partial charge in [0.2, 0.25) is 5.91 Å². The second kappa shape index (κ2) is 9.50. The van der Waals surface area contributed by atoms with E-state index in [9.17, 15) is 18.0 Å². The summed E-state index contributed by atoms with van der Waals surface area (Å²) in [5, 5.41) is 2.86. The third-order valence-electron chi connectivity index (χ3n) is 6.06. The highest BCUT2D eigenvalue weighted by Crippen LogP contribution is 2.30. The number of amides is 1. The van der Waals surface area contributed by atoms with E-state index < -0.39 is 11.7 Å². The van der Waals surface area contributed by atoms with Gasteiger partial charge in [-0.2, -0.15) is 13.2 Å². The Labute approximate surface area is 200 Å². The van der Waals surface area contributed by atoms with Crippen molar-refractivity contribution >= 4 is 17.4 Å². The van der Waals surface area contributed by atoms with Crippen LogP contribution < -0.4 is 10.2 Å². The van der Waals surface area contributed by atoms with Gasteiger partial charge in [-0.1, -0.05) is 18.2 Å². The van der Waals surface area contributed by atoms with Crippen LogP contribution in [0.4, 0.5) is 19.0 Å². The minimum absolute atomic E-state index is 0.0164. The largest absolute Gasteiger partial charge is 0.416 e. The predicted molar refractivity (Wildman–Crippen MR) is 125 cm³/mol. The number of hydrogen-bond donors (Lipinski definition) is 1. The Kier molecular flexibility index (Phi) is 6.25.